The topological polar surface area (TPSA) is 8.24 Å². The van der Waals surface area contributed by atoms with E-state index in [2.05, 4.69) is 92.0 Å². The largest absolute Gasteiger partial charge is 0.238 e. The van der Waals surface area contributed by atoms with E-state index in [4.69, 9.17) is 6.57 Å². The average molecular weight is 375 g/mol. The molecule has 0 aliphatic heterocycles. The minimum absolute atomic E-state index is 0.0190. The minimum Gasteiger partial charge on any atom is -0.238 e. The highest BCUT2D eigenvalue weighted by Gasteiger charge is 2.36. The maximum Gasteiger partial charge on any atom is 0.220 e. The van der Waals surface area contributed by atoms with Crippen molar-refractivity contribution in [3.8, 4) is 22.4 Å². The normalized spacial score (nSPS) is 13.8. The standard InChI is InChI=1S/C27H23N2/c1-17-14-23-21-8-6-7-9-24(21)27(2,3)25(23)16-22(17)26-20-11-10-19(28-4)15-18(20)12-13-29(26)5/h6-16H,1-3,5H3/q+1. The van der Waals surface area contributed by atoms with E-state index in [0.717, 1.165) is 5.39 Å². The van der Waals surface area contributed by atoms with Gasteiger partial charge in [-0.1, -0.05) is 56.3 Å². The molecule has 2 heteroatoms. The highest BCUT2D eigenvalue weighted by molar-refractivity contribution is 5.96. The predicted octanol–water partition coefficient (Wildman–Crippen LogP) is 6.50. The lowest BCUT2D eigenvalue weighted by molar-refractivity contribution is -0.659. The Bertz CT molecular complexity index is 1350. The van der Waals surface area contributed by atoms with Crippen LogP contribution >= 0.6 is 0 Å². The molecule has 0 unspecified atom stereocenters. The van der Waals surface area contributed by atoms with Crippen molar-refractivity contribution in [1.82, 2.24) is 0 Å². The predicted molar refractivity (Wildman–Crippen MR) is 119 cm³/mol. The molecule has 0 N–H and O–H groups in total. The minimum atomic E-state index is -0.0190. The fourth-order valence-electron chi connectivity index (χ4n) is 4.88. The number of rotatable bonds is 1. The van der Waals surface area contributed by atoms with Gasteiger partial charge in [0.1, 0.15) is 7.05 Å². The van der Waals surface area contributed by atoms with E-state index < -0.39 is 0 Å². The van der Waals surface area contributed by atoms with Crippen LogP contribution in [0.15, 0.2) is 66.9 Å². The Kier molecular flexibility index (Phi) is 3.67. The lowest BCUT2D eigenvalue weighted by Gasteiger charge is -2.22. The molecule has 0 fully saturated rings. The van der Waals surface area contributed by atoms with Gasteiger partial charge in [0.2, 0.25) is 5.69 Å². The molecule has 2 nitrogen and oxygen atoms in total. The summed E-state index contributed by atoms with van der Waals surface area (Å²) in [6, 6.07) is 21.6. The molecule has 1 aromatic heterocycles. The van der Waals surface area contributed by atoms with E-state index in [-0.39, 0.29) is 5.41 Å². The smallest absolute Gasteiger partial charge is 0.220 e. The fourth-order valence-corrected chi connectivity index (χ4v) is 4.88. The Morgan fingerprint density at radius 3 is 2.45 bits per heavy atom. The number of nitrogens with zero attached hydrogens (tertiary/aromatic N) is 2. The Hall–Kier alpha value is -3.44. The third-order valence-electron chi connectivity index (χ3n) is 6.43. The monoisotopic (exact) mass is 375 g/mol. The summed E-state index contributed by atoms with van der Waals surface area (Å²) in [6.45, 7) is 14.2. The van der Waals surface area contributed by atoms with Gasteiger partial charge in [0, 0.05) is 11.5 Å². The third kappa shape index (κ3) is 2.44. The number of aromatic nitrogens is 1. The SMILES string of the molecule is [C-]#[N+]c1ccc2c(-c3cc4c(cc3C)-c3ccccc3C4(C)C)[n+](C)ccc2c1. The van der Waals surface area contributed by atoms with Crippen molar-refractivity contribution >= 4 is 16.5 Å². The van der Waals surface area contributed by atoms with Gasteiger partial charge >= 0.3 is 0 Å². The maximum atomic E-state index is 7.32. The Morgan fingerprint density at radius 2 is 1.66 bits per heavy atom. The summed E-state index contributed by atoms with van der Waals surface area (Å²) in [5.74, 6) is 0. The molecule has 0 saturated carbocycles. The molecule has 0 spiro atoms. The van der Waals surface area contributed by atoms with Gasteiger partial charge in [0.15, 0.2) is 11.9 Å². The lowest BCUT2D eigenvalue weighted by Crippen LogP contribution is -2.31. The van der Waals surface area contributed by atoms with Crippen LogP contribution in [0.3, 0.4) is 0 Å². The van der Waals surface area contributed by atoms with Gasteiger partial charge in [-0.2, -0.15) is 0 Å². The van der Waals surface area contributed by atoms with Crippen LogP contribution in [-0.2, 0) is 12.5 Å². The zero-order valence-electron chi connectivity index (χ0n) is 17.2. The maximum absolute atomic E-state index is 7.32. The van der Waals surface area contributed by atoms with Crippen LogP contribution in [0.4, 0.5) is 5.69 Å². The zero-order chi connectivity index (χ0) is 20.3. The molecule has 1 heterocycles. The second-order valence-electron chi connectivity index (χ2n) is 8.54. The van der Waals surface area contributed by atoms with Crippen molar-refractivity contribution in [2.45, 2.75) is 26.2 Å². The van der Waals surface area contributed by atoms with Gasteiger partial charge < -0.3 is 0 Å². The molecule has 3 aromatic carbocycles. The van der Waals surface area contributed by atoms with Crippen LogP contribution < -0.4 is 4.57 Å². The van der Waals surface area contributed by atoms with Crippen LogP contribution in [0.1, 0.15) is 30.5 Å². The van der Waals surface area contributed by atoms with Gasteiger partial charge in [-0.15, -0.1) is 0 Å². The highest BCUT2D eigenvalue weighted by atomic mass is 14.9. The van der Waals surface area contributed by atoms with Crippen LogP contribution in [-0.4, -0.2) is 0 Å². The van der Waals surface area contributed by atoms with Gasteiger partial charge in [0.05, 0.1) is 17.5 Å². The van der Waals surface area contributed by atoms with Crippen molar-refractivity contribution in [3.05, 3.63) is 95.0 Å². The third-order valence-corrected chi connectivity index (χ3v) is 6.43. The first-order chi connectivity index (χ1) is 13.9. The van der Waals surface area contributed by atoms with Crippen LogP contribution in [0.25, 0.3) is 38.0 Å². The van der Waals surface area contributed by atoms with E-state index in [9.17, 15) is 0 Å². The van der Waals surface area contributed by atoms with E-state index in [0.29, 0.717) is 5.69 Å². The molecule has 5 rings (SSSR count). The molecule has 140 valence electrons. The number of fused-ring (bicyclic) bond motifs is 4. The molecule has 0 radical (unpaired) electrons. The number of benzene rings is 3. The molecule has 4 aromatic rings. The second-order valence-corrected chi connectivity index (χ2v) is 8.54. The quantitative estimate of drug-likeness (QED) is 0.265. The molecule has 0 amide bonds. The summed E-state index contributed by atoms with van der Waals surface area (Å²) in [5.41, 5.74) is 9.88. The van der Waals surface area contributed by atoms with Crippen molar-refractivity contribution in [2.24, 2.45) is 7.05 Å². The molecule has 0 saturated heterocycles. The molecule has 1 aliphatic carbocycles. The van der Waals surface area contributed by atoms with Gasteiger partial charge in [0.25, 0.3) is 0 Å². The summed E-state index contributed by atoms with van der Waals surface area (Å²) in [5, 5.41) is 2.29. The Balaban J connectivity index is 1.82. The Labute approximate surface area is 171 Å². The number of pyridine rings is 1. The van der Waals surface area contributed by atoms with E-state index in [1.54, 1.807) is 0 Å². The first-order valence-corrected chi connectivity index (χ1v) is 9.97. The van der Waals surface area contributed by atoms with Crippen LogP contribution in [0.2, 0.25) is 0 Å². The van der Waals surface area contributed by atoms with Crippen LogP contribution in [0, 0.1) is 13.5 Å². The molecule has 29 heavy (non-hydrogen) atoms. The average Bonchev–Trinajstić information content (AvgIpc) is 2.94. The molecular formula is C27H23N2+. The van der Waals surface area contributed by atoms with E-state index in [1.807, 2.05) is 12.1 Å². The molecule has 1 aliphatic rings. The summed E-state index contributed by atoms with van der Waals surface area (Å²) in [7, 11) is 2.10. The summed E-state index contributed by atoms with van der Waals surface area (Å²) in [4.78, 5) is 3.60. The van der Waals surface area contributed by atoms with Gasteiger partial charge in [-0.05, 0) is 52.3 Å². The number of hydrogen-bond acceptors (Lipinski definition) is 0. The fraction of sp³-hybridized carbons (Fsp3) is 0.185. The number of aryl methyl sites for hydroxylation is 2. The summed E-state index contributed by atoms with van der Waals surface area (Å²) < 4.78 is 2.20. The van der Waals surface area contributed by atoms with Crippen LogP contribution in [0.5, 0.6) is 0 Å². The zero-order valence-corrected chi connectivity index (χ0v) is 17.2. The van der Waals surface area contributed by atoms with E-state index in [1.165, 1.54) is 44.5 Å². The summed E-state index contributed by atoms with van der Waals surface area (Å²) >= 11 is 0. The molecular weight excluding hydrogens is 352 g/mol. The van der Waals surface area contributed by atoms with Gasteiger partial charge in [-0.3, -0.25) is 0 Å². The van der Waals surface area contributed by atoms with Crippen molar-refractivity contribution < 1.29 is 4.57 Å². The van der Waals surface area contributed by atoms with Crippen molar-refractivity contribution in [3.63, 3.8) is 0 Å². The van der Waals surface area contributed by atoms with Crippen molar-refractivity contribution in [2.75, 3.05) is 0 Å². The Morgan fingerprint density at radius 1 is 0.862 bits per heavy atom. The van der Waals surface area contributed by atoms with Gasteiger partial charge in [-0.25, -0.2) is 9.41 Å². The second kappa shape index (κ2) is 6.03. The van der Waals surface area contributed by atoms with E-state index >= 15 is 0 Å². The lowest BCUT2D eigenvalue weighted by atomic mass is 9.81. The summed E-state index contributed by atoms with van der Waals surface area (Å²) in [6.07, 6.45) is 2.10. The first-order valence-electron chi connectivity index (χ1n) is 9.97. The molecule has 0 atom stereocenters. The first kappa shape index (κ1) is 17.6. The van der Waals surface area contributed by atoms with Crippen molar-refractivity contribution in [1.29, 1.82) is 0 Å². The highest BCUT2D eigenvalue weighted by Crippen LogP contribution is 2.50. The molecule has 0 bridgehead atoms. The number of hydrogen-bond donors (Lipinski definition) is 0.